The Kier molecular flexibility index (Phi) is 11.7. The van der Waals surface area contributed by atoms with Gasteiger partial charge in [0.1, 0.15) is 0 Å². The molecule has 1 N–H and O–H groups in total. The molecule has 0 rings (SSSR count). The Labute approximate surface area is 73.8 Å². The number of aliphatic hydroxyl groups excluding tert-OH is 1. The summed E-state index contributed by atoms with van der Waals surface area (Å²) in [4.78, 5) is 0. The van der Waals surface area contributed by atoms with Crippen molar-refractivity contribution in [1.82, 2.24) is 0 Å². The van der Waals surface area contributed by atoms with Crippen LogP contribution < -0.4 is 0 Å². The standard InChI is InChI=1S/C6H14O.Na.H/c1-3-4-6(2)5-7;;/h6-7H,3-5H2,1-2H3;;. The normalized spacial score (nSPS) is 12.4. The molecular weight excluding hydrogens is 111 g/mol. The van der Waals surface area contributed by atoms with E-state index in [0.29, 0.717) is 12.5 Å². The summed E-state index contributed by atoms with van der Waals surface area (Å²) in [5.41, 5.74) is 0. The van der Waals surface area contributed by atoms with Crippen LogP contribution in [0.1, 0.15) is 26.7 Å². The molecule has 0 radical (unpaired) electrons. The molecular formula is C6H15NaO. The molecule has 0 aromatic carbocycles. The van der Waals surface area contributed by atoms with Crippen molar-refractivity contribution in [2.45, 2.75) is 26.7 Å². The van der Waals surface area contributed by atoms with E-state index in [1.54, 1.807) is 0 Å². The predicted molar refractivity (Wildman–Crippen MR) is 38.3 cm³/mol. The van der Waals surface area contributed by atoms with Crippen molar-refractivity contribution < 1.29 is 5.11 Å². The first-order chi connectivity index (χ1) is 3.31. The van der Waals surface area contributed by atoms with Gasteiger partial charge in [-0.05, 0) is 12.3 Å². The van der Waals surface area contributed by atoms with Gasteiger partial charge in [0.25, 0.3) is 0 Å². The van der Waals surface area contributed by atoms with E-state index in [1.165, 1.54) is 6.42 Å². The topological polar surface area (TPSA) is 20.2 Å². The molecule has 0 amide bonds. The SMILES string of the molecule is CCCC(C)CO.[NaH]. The Bertz CT molecular complexity index is 39.5. The van der Waals surface area contributed by atoms with Gasteiger partial charge in [0.15, 0.2) is 0 Å². The molecule has 0 aliphatic heterocycles. The third-order valence-corrected chi connectivity index (χ3v) is 1.09. The Morgan fingerprint density at radius 1 is 1.50 bits per heavy atom. The Hall–Kier alpha value is 0.960. The second-order valence-corrected chi connectivity index (χ2v) is 2.08. The molecule has 0 saturated carbocycles. The summed E-state index contributed by atoms with van der Waals surface area (Å²) in [7, 11) is 0. The van der Waals surface area contributed by atoms with Gasteiger partial charge in [-0.25, -0.2) is 0 Å². The van der Waals surface area contributed by atoms with E-state index in [2.05, 4.69) is 13.8 Å². The first-order valence-electron chi connectivity index (χ1n) is 2.92. The fraction of sp³-hybridized carbons (Fsp3) is 1.00. The first-order valence-corrected chi connectivity index (χ1v) is 2.92. The van der Waals surface area contributed by atoms with Gasteiger partial charge in [-0.2, -0.15) is 0 Å². The predicted octanol–water partition coefficient (Wildman–Crippen LogP) is 0.766. The molecule has 2 heteroatoms. The van der Waals surface area contributed by atoms with Crippen molar-refractivity contribution in [3.8, 4) is 0 Å². The van der Waals surface area contributed by atoms with Gasteiger partial charge in [0, 0.05) is 6.61 Å². The maximum absolute atomic E-state index is 8.47. The molecule has 1 nitrogen and oxygen atoms in total. The van der Waals surface area contributed by atoms with Crippen LogP contribution in [0.4, 0.5) is 0 Å². The number of rotatable bonds is 3. The molecule has 0 aliphatic carbocycles. The summed E-state index contributed by atoms with van der Waals surface area (Å²) in [6.45, 7) is 4.53. The summed E-state index contributed by atoms with van der Waals surface area (Å²) in [6, 6.07) is 0. The number of hydrogen-bond donors (Lipinski definition) is 1. The van der Waals surface area contributed by atoms with Crippen LogP contribution in [0.3, 0.4) is 0 Å². The van der Waals surface area contributed by atoms with E-state index in [0.717, 1.165) is 6.42 Å². The van der Waals surface area contributed by atoms with E-state index in [4.69, 9.17) is 5.11 Å². The van der Waals surface area contributed by atoms with Gasteiger partial charge < -0.3 is 5.11 Å². The van der Waals surface area contributed by atoms with Crippen molar-refractivity contribution in [3.63, 3.8) is 0 Å². The van der Waals surface area contributed by atoms with Crippen LogP contribution in [0, 0.1) is 5.92 Å². The first kappa shape index (κ1) is 11.7. The van der Waals surface area contributed by atoms with Gasteiger partial charge in [0.05, 0.1) is 0 Å². The zero-order valence-electron chi connectivity index (χ0n) is 5.15. The second-order valence-electron chi connectivity index (χ2n) is 2.08. The fourth-order valence-corrected chi connectivity index (χ4v) is 0.584. The minimum atomic E-state index is 0. The van der Waals surface area contributed by atoms with E-state index in [1.807, 2.05) is 0 Å². The van der Waals surface area contributed by atoms with Crippen molar-refractivity contribution in [3.05, 3.63) is 0 Å². The molecule has 0 saturated heterocycles. The molecule has 0 heterocycles. The molecule has 1 atom stereocenters. The summed E-state index contributed by atoms with van der Waals surface area (Å²) in [5, 5.41) is 8.47. The number of aliphatic hydroxyl groups is 1. The molecule has 0 aromatic heterocycles. The maximum atomic E-state index is 8.47. The van der Waals surface area contributed by atoms with Gasteiger partial charge in [-0.15, -0.1) is 0 Å². The fourth-order valence-electron chi connectivity index (χ4n) is 0.584. The van der Waals surface area contributed by atoms with E-state index in [9.17, 15) is 0 Å². The average Bonchev–Trinajstić information content (AvgIpc) is 1.68. The molecule has 0 spiro atoms. The average molecular weight is 126 g/mol. The van der Waals surface area contributed by atoms with Crippen LogP contribution in [-0.2, 0) is 0 Å². The molecule has 0 aromatic rings. The van der Waals surface area contributed by atoms with Gasteiger partial charge in [-0.3, -0.25) is 0 Å². The summed E-state index contributed by atoms with van der Waals surface area (Å²) in [6.07, 6.45) is 2.33. The van der Waals surface area contributed by atoms with Crippen molar-refractivity contribution in [2.75, 3.05) is 6.61 Å². The Morgan fingerprint density at radius 2 is 2.00 bits per heavy atom. The van der Waals surface area contributed by atoms with Gasteiger partial charge in [0.2, 0.25) is 0 Å². The van der Waals surface area contributed by atoms with Crippen LogP contribution in [0.2, 0.25) is 0 Å². The van der Waals surface area contributed by atoms with Crippen molar-refractivity contribution >= 4 is 29.6 Å². The van der Waals surface area contributed by atoms with Crippen LogP contribution in [0.15, 0.2) is 0 Å². The van der Waals surface area contributed by atoms with Crippen molar-refractivity contribution in [2.24, 2.45) is 5.92 Å². The van der Waals surface area contributed by atoms with Gasteiger partial charge >= 0.3 is 29.6 Å². The molecule has 0 fully saturated rings. The van der Waals surface area contributed by atoms with Gasteiger partial charge in [-0.1, -0.05) is 20.3 Å². The monoisotopic (exact) mass is 126 g/mol. The summed E-state index contributed by atoms with van der Waals surface area (Å²) >= 11 is 0. The van der Waals surface area contributed by atoms with E-state index < -0.39 is 0 Å². The van der Waals surface area contributed by atoms with Crippen LogP contribution in [0.5, 0.6) is 0 Å². The van der Waals surface area contributed by atoms with Crippen LogP contribution in [-0.4, -0.2) is 41.3 Å². The number of hydrogen-bond acceptors (Lipinski definition) is 1. The molecule has 1 unspecified atom stereocenters. The van der Waals surface area contributed by atoms with Crippen LogP contribution >= 0.6 is 0 Å². The second kappa shape index (κ2) is 7.96. The van der Waals surface area contributed by atoms with Crippen molar-refractivity contribution in [1.29, 1.82) is 0 Å². The minimum absolute atomic E-state index is 0. The molecule has 8 heavy (non-hydrogen) atoms. The third kappa shape index (κ3) is 6.96. The summed E-state index contributed by atoms with van der Waals surface area (Å²) < 4.78 is 0. The molecule has 0 bridgehead atoms. The third-order valence-electron chi connectivity index (χ3n) is 1.09. The quantitative estimate of drug-likeness (QED) is 0.554. The Morgan fingerprint density at radius 3 is 2.12 bits per heavy atom. The van der Waals surface area contributed by atoms with E-state index in [-0.39, 0.29) is 29.6 Å². The zero-order chi connectivity index (χ0) is 5.70. The summed E-state index contributed by atoms with van der Waals surface area (Å²) in [5.74, 6) is 0.505. The molecule has 46 valence electrons. The Balaban J connectivity index is 0. The van der Waals surface area contributed by atoms with Crippen LogP contribution in [0.25, 0.3) is 0 Å². The zero-order valence-corrected chi connectivity index (χ0v) is 5.15. The van der Waals surface area contributed by atoms with E-state index >= 15 is 0 Å². The molecule has 0 aliphatic rings.